The van der Waals surface area contributed by atoms with Crippen molar-refractivity contribution in [2.75, 3.05) is 6.61 Å². The molecule has 2 aromatic carbocycles. The lowest BCUT2D eigenvalue weighted by Gasteiger charge is -2.06. The predicted octanol–water partition coefficient (Wildman–Crippen LogP) is 4.96. The number of hydrogen-bond acceptors (Lipinski definition) is 3. The highest BCUT2D eigenvalue weighted by atomic mass is 35.5. The van der Waals surface area contributed by atoms with Crippen LogP contribution in [-0.4, -0.2) is 22.4 Å². The van der Waals surface area contributed by atoms with Crippen LogP contribution in [0.15, 0.2) is 42.5 Å². The number of ether oxygens (including phenoxy) is 1. The van der Waals surface area contributed by atoms with Crippen molar-refractivity contribution >= 4 is 40.1 Å². The summed E-state index contributed by atoms with van der Waals surface area (Å²) in [7, 11) is 0. The third kappa shape index (κ3) is 3.40. The fraction of sp³-hybridized carbons (Fsp3) is 0.222. The fourth-order valence-electron chi connectivity index (χ4n) is 2.47. The Hall–Kier alpha value is -2.04. The van der Waals surface area contributed by atoms with Gasteiger partial charge in [0.1, 0.15) is 0 Å². The van der Waals surface area contributed by atoms with Crippen LogP contribution >= 0.6 is 23.2 Å². The van der Waals surface area contributed by atoms with E-state index >= 15 is 0 Å². The van der Waals surface area contributed by atoms with E-state index in [0.717, 1.165) is 22.9 Å². The third-order valence-electron chi connectivity index (χ3n) is 3.62. The summed E-state index contributed by atoms with van der Waals surface area (Å²) in [5, 5.41) is 6.37. The number of halogens is 2. The monoisotopic (exact) mass is 362 g/mol. The van der Waals surface area contributed by atoms with Crippen molar-refractivity contribution in [3.8, 4) is 0 Å². The molecule has 24 heavy (non-hydrogen) atoms. The molecular formula is C18H16Cl2N2O2. The van der Waals surface area contributed by atoms with Crippen LogP contribution in [-0.2, 0) is 11.3 Å². The zero-order valence-corrected chi connectivity index (χ0v) is 14.6. The van der Waals surface area contributed by atoms with Crippen LogP contribution in [0, 0.1) is 0 Å². The maximum absolute atomic E-state index is 12.3. The topological polar surface area (TPSA) is 44.1 Å². The third-order valence-corrected chi connectivity index (χ3v) is 4.21. The summed E-state index contributed by atoms with van der Waals surface area (Å²) in [6.07, 6.45) is 0.769. The number of fused-ring (bicyclic) bond motifs is 1. The van der Waals surface area contributed by atoms with E-state index in [0.29, 0.717) is 28.9 Å². The van der Waals surface area contributed by atoms with Gasteiger partial charge in [-0.25, -0.2) is 4.79 Å². The number of carbonyl (C=O) groups is 1. The first-order valence-electron chi connectivity index (χ1n) is 7.66. The number of esters is 1. The second-order valence-electron chi connectivity index (χ2n) is 5.40. The molecule has 0 saturated heterocycles. The largest absolute Gasteiger partial charge is 0.461 e. The Morgan fingerprint density at radius 3 is 2.75 bits per heavy atom. The molecule has 0 saturated carbocycles. The quantitative estimate of drug-likeness (QED) is 0.602. The van der Waals surface area contributed by atoms with Gasteiger partial charge in [-0.15, -0.1) is 0 Å². The van der Waals surface area contributed by atoms with Gasteiger partial charge >= 0.3 is 5.97 Å². The van der Waals surface area contributed by atoms with Crippen molar-refractivity contribution in [3.63, 3.8) is 0 Å². The van der Waals surface area contributed by atoms with Gasteiger partial charge in [-0.2, -0.15) is 5.10 Å². The molecular weight excluding hydrogens is 347 g/mol. The van der Waals surface area contributed by atoms with Crippen molar-refractivity contribution in [2.45, 2.75) is 19.9 Å². The number of benzene rings is 2. The molecule has 3 aromatic rings. The van der Waals surface area contributed by atoms with E-state index in [1.807, 2.05) is 37.3 Å². The molecule has 0 aliphatic heterocycles. The van der Waals surface area contributed by atoms with E-state index in [9.17, 15) is 4.79 Å². The average Bonchev–Trinajstić information content (AvgIpc) is 2.94. The SMILES string of the molecule is CCCOC(=O)c1nn(Cc2ccc(Cl)cc2Cl)c2ccccc12. The van der Waals surface area contributed by atoms with Crippen LogP contribution < -0.4 is 0 Å². The van der Waals surface area contributed by atoms with Gasteiger partial charge in [-0.3, -0.25) is 4.68 Å². The molecule has 1 heterocycles. The van der Waals surface area contributed by atoms with Gasteiger partial charge < -0.3 is 4.74 Å². The molecule has 0 spiro atoms. The smallest absolute Gasteiger partial charge is 0.359 e. The molecule has 0 aliphatic rings. The predicted molar refractivity (Wildman–Crippen MR) is 95.9 cm³/mol. The van der Waals surface area contributed by atoms with Crippen molar-refractivity contribution in [1.29, 1.82) is 0 Å². The molecule has 1 aromatic heterocycles. The van der Waals surface area contributed by atoms with Crippen LogP contribution in [0.5, 0.6) is 0 Å². The van der Waals surface area contributed by atoms with Gasteiger partial charge in [0.05, 0.1) is 18.7 Å². The number of hydrogen-bond donors (Lipinski definition) is 0. The van der Waals surface area contributed by atoms with Crippen LogP contribution in [0.25, 0.3) is 10.9 Å². The number of carbonyl (C=O) groups excluding carboxylic acids is 1. The lowest BCUT2D eigenvalue weighted by molar-refractivity contribution is 0.0499. The molecule has 0 bridgehead atoms. The highest BCUT2D eigenvalue weighted by molar-refractivity contribution is 6.35. The molecule has 0 fully saturated rings. The van der Waals surface area contributed by atoms with E-state index in [-0.39, 0.29) is 0 Å². The number of rotatable bonds is 5. The Labute approximate surface area is 149 Å². The maximum atomic E-state index is 12.3. The fourth-order valence-corrected chi connectivity index (χ4v) is 2.94. The van der Waals surface area contributed by atoms with Crippen LogP contribution in [0.4, 0.5) is 0 Å². The molecule has 0 N–H and O–H groups in total. The molecule has 0 amide bonds. The minimum atomic E-state index is -0.408. The van der Waals surface area contributed by atoms with Crippen molar-refractivity contribution < 1.29 is 9.53 Å². The summed E-state index contributed by atoms with van der Waals surface area (Å²) in [4.78, 5) is 12.3. The minimum absolute atomic E-state index is 0.323. The van der Waals surface area contributed by atoms with Crippen molar-refractivity contribution in [3.05, 3.63) is 63.8 Å². The zero-order valence-electron chi connectivity index (χ0n) is 13.1. The van der Waals surface area contributed by atoms with Crippen LogP contribution in [0.3, 0.4) is 0 Å². The second kappa shape index (κ2) is 7.24. The lowest BCUT2D eigenvalue weighted by atomic mass is 10.2. The van der Waals surface area contributed by atoms with E-state index in [2.05, 4.69) is 5.10 Å². The van der Waals surface area contributed by atoms with E-state index in [1.165, 1.54) is 0 Å². The lowest BCUT2D eigenvalue weighted by Crippen LogP contribution is -2.09. The van der Waals surface area contributed by atoms with Gasteiger partial charge in [-0.1, -0.05) is 54.4 Å². The summed E-state index contributed by atoms with van der Waals surface area (Å²) in [5.74, 6) is -0.408. The molecule has 0 atom stereocenters. The minimum Gasteiger partial charge on any atom is -0.461 e. The van der Waals surface area contributed by atoms with Gasteiger partial charge in [0.25, 0.3) is 0 Å². The number of aromatic nitrogens is 2. The Bertz CT molecular complexity index is 890. The van der Waals surface area contributed by atoms with Crippen LogP contribution in [0.1, 0.15) is 29.4 Å². The van der Waals surface area contributed by atoms with E-state index in [1.54, 1.807) is 16.8 Å². The first kappa shape index (κ1) is 16.8. The van der Waals surface area contributed by atoms with Gasteiger partial charge in [0.2, 0.25) is 0 Å². The highest BCUT2D eigenvalue weighted by Crippen LogP contribution is 2.25. The number of para-hydroxylation sites is 1. The Balaban J connectivity index is 2.00. The second-order valence-corrected chi connectivity index (χ2v) is 6.24. The molecule has 0 radical (unpaired) electrons. The molecule has 6 heteroatoms. The Morgan fingerprint density at radius 1 is 1.21 bits per heavy atom. The van der Waals surface area contributed by atoms with E-state index < -0.39 is 5.97 Å². The summed E-state index contributed by atoms with van der Waals surface area (Å²) in [6.45, 7) is 2.77. The summed E-state index contributed by atoms with van der Waals surface area (Å²) >= 11 is 12.2. The molecule has 0 unspecified atom stereocenters. The first-order chi connectivity index (χ1) is 11.6. The molecule has 4 nitrogen and oxygen atoms in total. The molecule has 3 rings (SSSR count). The summed E-state index contributed by atoms with van der Waals surface area (Å²) in [5.41, 5.74) is 2.05. The Morgan fingerprint density at radius 2 is 2.00 bits per heavy atom. The Kier molecular flexibility index (Phi) is 5.07. The van der Waals surface area contributed by atoms with Gasteiger partial charge in [0.15, 0.2) is 5.69 Å². The average molecular weight is 363 g/mol. The summed E-state index contributed by atoms with van der Waals surface area (Å²) < 4.78 is 6.99. The number of nitrogens with zero attached hydrogens (tertiary/aromatic N) is 2. The highest BCUT2D eigenvalue weighted by Gasteiger charge is 2.18. The molecule has 0 aliphatic carbocycles. The van der Waals surface area contributed by atoms with Gasteiger partial charge in [-0.05, 0) is 30.2 Å². The molecule has 124 valence electrons. The normalized spacial score (nSPS) is 11.0. The van der Waals surface area contributed by atoms with Gasteiger partial charge in [0, 0.05) is 15.4 Å². The standard InChI is InChI=1S/C18H16Cl2N2O2/c1-2-9-24-18(23)17-14-5-3-4-6-16(14)22(21-17)11-12-7-8-13(19)10-15(12)20/h3-8,10H,2,9,11H2,1H3. The first-order valence-corrected chi connectivity index (χ1v) is 8.42. The van der Waals surface area contributed by atoms with Crippen LogP contribution in [0.2, 0.25) is 10.0 Å². The maximum Gasteiger partial charge on any atom is 0.359 e. The van der Waals surface area contributed by atoms with Crippen molar-refractivity contribution in [2.24, 2.45) is 0 Å². The van der Waals surface area contributed by atoms with Crippen molar-refractivity contribution in [1.82, 2.24) is 9.78 Å². The zero-order chi connectivity index (χ0) is 17.1. The van der Waals surface area contributed by atoms with E-state index in [4.69, 9.17) is 27.9 Å². The summed E-state index contributed by atoms with van der Waals surface area (Å²) in [6, 6.07) is 12.9.